The first kappa shape index (κ1) is 9.86. The molecule has 0 saturated heterocycles. The maximum absolute atomic E-state index is 11.6. The van der Waals surface area contributed by atoms with Crippen molar-refractivity contribution in [3.8, 4) is 0 Å². The summed E-state index contributed by atoms with van der Waals surface area (Å²) in [5.74, 6) is -0.0416. The molecule has 0 aliphatic carbocycles. The minimum Gasteiger partial charge on any atom is -0.348 e. The van der Waals surface area contributed by atoms with Crippen molar-refractivity contribution in [1.29, 1.82) is 0 Å². The highest BCUT2D eigenvalue weighted by Gasteiger charge is 2.04. The van der Waals surface area contributed by atoms with Crippen molar-refractivity contribution in [1.82, 2.24) is 10.3 Å². The maximum Gasteiger partial charge on any atom is 0.252 e. The van der Waals surface area contributed by atoms with Gasteiger partial charge >= 0.3 is 0 Å². The Balaban J connectivity index is 1.92. The van der Waals surface area contributed by atoms with E-state index in [9.17, 15) is 4.79 Å². The SMILES string of the molecule is O=C(NCc1cccnc1)c1ccsc1. The molecule has 0 spiro atoms. The third-order valence-corrected chi connectivity index (χ3v) is 2.64. The number of nitrogens with one attached hydrogen (secondary N) is 1. The number of rotatable bonds is 3. The lowest BCUT2D eigenvalue weighted by Crippen LogP contribution is -2.22. The van der Waals surface area contributed by atoms with Crippen LogP contribution in [0.15, 0.2) is 41.4 Å². The molecule has 1 amide bonds. The van der Waals surface area contributed by atoms with E-state index in [0.29, 0.717) is 12.1 Å². The number of thiophene rings is 1. The van der Waals surface area contributed by atoms with E-state index in [-0.39, 0.29) is 5.91 Å². The summed E-state index contributed by atoms with van der Waals surface area (Å²) in [6.45, 7) is 0.516. The molecular formula is C11H10N2OS. The number of carbonyl (C=O) groups is 1. The summed E-state index contributed by atoms with van der Waals surface area (Å²) >= 11 is 1.52. The lowest BCUT2D eigenvalue weighted by Gasteiger charge is -2.02. The Morgan fingerprint density at radius 3 is 3.07 bits per heavy atom. The van der Waals surface area contributed by atoms with Crippen molar-refractivity contribution >= 4 is 17.2 Å². The summed E-state index contributed by atoms with van der Waals surface area (Å²) in [4.78, 5) is 15.5. The fourth-order valence-corrected chi connectivity index (χ4v) is 1.82. The predicted molar refractivity (Wildman–Crippen MR) is 59.7 cm³/mol. The molecule has 2 heterocycles. The van der Waals surface area contributed by atoms with Crippen LogP contribution >= 0.6 is 11.3 Å². The van der Waals surface area contributed by atoms with Crippen LogP contribution in [-0.2, 0) is 6.54 Å². The molecule has 15 heavy (non-hydrogen) atoms. The third kappa shape index (κ3) is 2.63. The average molecular weight is 218 g/mol. The fraction of sp³-hybridized carbons (Fsp3) is 0.0909. The molecule has 0 unspecified atom stereocenters. The Morgan fingerprint density at radius 2 is 2.40 bits per heavy atom. The first-order valence-corrected chi connectivity index (χ1v) is 5.50. The van der Waals surface area contributed by atoms with Gasteiger partial charge in [0, 0.05) is 29.9 Å². The monoisotopic (exact) mass is 218 g/mol. The van der Waals surface area contributed by atoms with Crippen LogP contribution < -0.4 is 5.32 Å². The Bertz CT molecular complexity index is 425. The molecule has 0 aliphatic heterocycles. The Labute approximate surface area is 91.8 Å². The molecule has 76 valence electrons. The van der Waals surface area contributed by atoms with E-state index in [0.717, 1.165) is 5.56 Å². The van der Waals surface area contributed by atoms with Crippen molar-refractivity contribution in [3.63, 3.8) is 0 Å². The molecule has 0 aromatic carbocycles. The molecule has 2 aromatic heterocycles. The number of hydrogen-bond donors (Lipinski definition) is 1. The van der Waals surface area contributed by atoms with Crippen molar-refractivity contribution in [3.05, 3.63) is 52.5 Å². The molecule has 0 atom stereocenters. The van der Waals surface area contributed by atoms with Gasteiger partial charge in [-0.25, -0.2) is 0 Å². The van der Waals surface area contributed by atoms with Gasteiger partial charge in [0.1, 0.15) is 0 Å². The zero-order valence-corrected chi connectivity index (χ0v) is 8.83. The van der Waals surface area contributed by atoms with E-state index in [1.807, 2.05) is 29.0 Å². The Morgan fingerprint density at radius 1 is 1.47 bits per heavy atom. The van der Waals surface area contributed by atoms with Crippen LogP contribution in [0.25, 0.3) is 0 Å². The summed E-state index contributed by atoms with van der Waals surface area (Å²) in [7, 11) is 0. The van der Waals surface area contributed by atoms with Gasteiger partial charge in [-0.15, -0.1) is 0 Å². The highest BCUT2D eigenvalue weighted by molar-refractivity contribution is 7.08. The van der Waals surface area contributed by atoms with Gasteiger partial charge in [-0.2, -0.15) is 11.3 Å². The fourth-order valence-electron chi connectivity index (χ4n) is 1.18. The van der Waals surface area contributed by atoms with E-state index in [4.69, 9.17) is 0 Å². The van der Waals surface area contributed by atoms with Crippen molar-refractivity contribution < 1.29 is 4.79 Å². The molecule has 0 aliphatic rings. The Kier molecular flexibility index (Phi) is 3.09. The Hall–Kier alpha value is -1.68. The number of pyridine rings is 1. The topological polar surface area (TPSA) is 42.0 Å². The van der Waals surface area contributed by atoms with Gasteiger partial charge in [-0.05, 0) is 23.1 Å². The summed E-state index contributed by atoms with van der Waals surface area (Å²) in [5, 5.41) is 6.55. The molecule has 0 fully saturated rings. The van der Waals surface area contributed by atoms with E-state index in [2.05, 4.69) is 10.3 Å². The second-order valence-corrected chi connectivity index (χ2v) is 3.84. The van der Waals surface area contributed by atoms with Crippen LogP contribution in [0.2, 0.25) is 0 Å². The van der Waals surface area contributed by atoms with Gasteiger partial charge < -0.3 is 5.32 Å². The smallest absolute Gasteiger partial charge is 0.252 e. The van der Waals surface area contributed by atoms with Crippen molar-refractivity contribution in [2.45, 2.75) is 6.54 Å². The van der Waals surface area contributed by atoms with Gasteiger partial charge in [-0.1, -0.05) is 6.07 Å². The van der Waals surface area contributed by atoms with Crippen LogP contribution in [0.4, 0.5) is 0 Å². The van der Waals surface area contributed by atoms with E-state index >= 15 is 0 Å². The van der Waals surface area contributed by atoms with E-state index < -0.39 is 0 Å². The quantitative estimate of drug-likeness (QED) is 0.857. The highest BCUT2D eigenvalue weighted by atomic mass is 32.1. The molecule has 3 nitrogen and oxygen atoms in total. The molecule has 0 saturated carbocycles. The normalized spacial score (nSPS) is 9.87. The molecule has 2 rings (SSSR count). The van der Waals surface area contributed by atoms with E-state index in [1.54, 1.807) is 12.4 Å². The first-order chi connectivity index (χ1) is 7.36. The van der Waals surface area contributed by atoms with Crippen LogP contribution in [0.1, 0.15) is 15.9 Å². The number of hydrogen-bond acceptors (Lipinski definition) is 3. The summed E-state index contributed by atoms with van der Waals surface area (Å²) in [6.07, 6.45) is 3.46. The van der Waals surface area contributed by atoms with Gasteiger partial charge in [0.15, 0.2) is 0 Å². The van der Waals surface area contributed by atoms with Gasteiger partial charge in [0.05, 0.1) is 0 Å². The zero-order valence-electron chi connectivity index (χ0n) is 8.01. The number of carbonyl (C=O) groups excluding carboxylic acids is 1. The summed E-state index contributed by atoms with van der Waals surface area (Å²) < 4.78 is 0. The van der Waals surface area contributed by atoms with Crippen molar-refractivity contribution in [2.75, 3.05) is 0 Å². The minimum absolute atomic E-state index is 0.0416. The van der Waals surface area contributed by atoms with Gasteiger partial charge in [-0.3, -0.25) is 9.78 Å². The second-order valence-electron chi connectivity index (χ2n) is 3.06. The van der Waals surface area contributed by atoms with Gasteiger partial charge in [0.25, 0.3) is 5.91 Å². The highest BCUT2D eigenvalue weighted by Crippen LogP contribution is 2.05. The molecule has 0 radical (unpaired) electrons. The molecular weight excluding hydrogens is 208 g/mol. The largest absolute Gasteiger partial charge is 0.348 e. The number of aromatic nitrogens is 1. The van der Waals surface area contributed by atoms with Crippen LogP contribution in [-0.4, -0.2) is 10.9 Å². The number of amides is 1. The molecule has 4 heteroatoms. The summed E-state index contributed by atoms with van der Waals surface area (Å²) in [5.41, 5.74) is 1.71. The second kappa shape index (κ2) is 4.70. The molecule has 2 aromatic rings. The first-order valence-electron chi connectivity index (χ1n) is 4.55. The maximum atomic E-state index is 11.6. The average Bonchev–Trinajstić information content (AvgIpc) is 2.81. The van der Waals surface area contributed by atoms with Crippen LogP contribution in [0.3, 0.4) is 0 Å². The zero-order chi connectivity index (χ0) is 10.5. The lowest BCUT2D eigenvalue weighted by molar-refractivity contribution is 0.0951. The van der Waals surface area contributed by atoms with Crippen LogP contribution in [0, 0.1) is 0 Å². The summed E-state index contributed by atoms with van der Waals surface area (Å²) in [6, 6.07) is 5.59. The third-order valence-electron chi connectivity index (χ3n) is 1.96. The number of nitrogens with zero attached hydrogens (tertiary/aromatic N) is 1. The molecule has 0 bridgehead atoms. The standard InChI is InChI=1S/C11H10N2OS/c14-11(10-3-5-15-8-10)13-7-9-2-1-4-12-6-9/h1-6,8H,7H2,(H,13,14). The van der Waals surface area contributed by atoms with Crippen LogP contribution in [0.5, 0.6) is 0 Å². The van der Waals surface area contributed by atoms with Crippen molar-refractivity contribution in [2.24, 2.45) is 0 Å². The predicted octanol–water partition coefficient (Wildman–Crippen LogP) is 2.07. The van der Waals surface area contributed by atoms with E-state index in [1.165, 1.54) is 11.3 Å². The minimum atomic E-state index is -0.0416. The molecule has 1 N–H and O–H groups in total. The van der Waals surface area contributed by atoms with Gasteiger partial charge in [0.2, 0.25) is 0 Å². The lowest BCUT2D eigenvalue weighted by atomic mass is 10.2.